The zero-order chi connectivity index (χ0) is 14.3. The minimum Gasteiger partial charge on any atom is -0.496 e. The van der Waals surface area contributed by atoms with Gasteiger partial charge in [-0.3, -0.25) is 4.79 Å². The van der Waals surface area contributed by atoms with Gasteiger partial charge in [0.2, 0.25) is 5.91 Å². The Morgan fingerprint density at radius 3 is 2.70 bits per heavy atom. The van der Waals surface area contributed by atoms with Crippen LogP contribution in [0.1, 0.15) is 12.0 Å². The molecule has 20 heavy (non-hydrogen) atoms. The Hall–Kier alpha value is -0.910. The molecule has 0 spiro atoms. The maximum absolute atomic E-state index is 11.8. The molecule has 0 atom stereocenters. The van der Waals surface area contributed by atoms with Crippen molar-refractivity contribution in [1.82, 2.24) is 10.2 Å². The van der Waals surface area contributed by atoms with Crippen molar-refractivity contribution in [1.29, 1.82) is 0 Å². The molecule has 1 amide bonds. The summed E-state index contributed by atoms with van der Waals surface area (Å²) in [5.41, 5.74) is 1.08. The van der Waals surface area contributed by atoms with Gasteiger partial charge >= 0.3 is 0 Å². The number of rotatable bonds is 7. The maximum Gasteiger partial charge on any atom is 0.223 e. The molecule has 0 saturated heterocycles. The molecule has 1 N–H and O–H groups in total. The van der Waals surface area contributed by atoms with Gasteiger partial charge in [0.1, 0.15) is 5.75 Å². The number of methoxy groups -OCH3 is 1. The third-order valence-electron chi connectivity index (χ3n) is 2.88. The first kappa shape index (κ1) is 19.1. The van der Waals surface area contributed by atoms with Crippen LogP contribution in [0.25, 0.3) is 0 Å². The van der Waals surface area contributed by atoms with Gasteiger partial charge in [-0.05, 0) is 31.0 Å². The molecular weight excluding hydrogens is 296 g/mol. The van der Waals surface area contributed by atoms with Crippen LogP contribution >= 0.6 is 24.2 Å². The second-order valence-electron chi connectivity index (χ2n) is 4.29. The highest BCUT2D eigenvalue weighted by atomic mass is 35.5. The molecule has 0 aromatic heterocycles. The summed E-state index contributed by atoms with van der Waals surface area (Å²) in [5, 5.41) is 2.98. The second kappa shape index (κ2) is 9.91. The zero-order valence-corrected chi connectivity index (χ0v) is 14.1. The van der Waals surface area contributed by atoms with Gasteiger partial charge in [0.05, 0.1) is 7.11 Å². The van der Waals surface area contributed by atoms with Gasteiger partial charge in [-0.15, -0.1) is 24.2 Å². The summed E-state index contributed by atoms with van der Waals surface area (Å²) in [6.07, 6.45) is 2.54. The molecule has 1 aromatic carbocycles. The lowest BCUT2D eigenvalue weighted by Gasteiger charge is -2.18. The minimum absolute atomic E-state index is 0. The molecule has 1 rings (SSSR count). The van der Waals surface area contributed by atoms with Crippen LogP contribution in [0, 0.1) is 0 Å². The van der Waals surface area contributed by atoms with E-state index in [-0.39, 0.29) is 18.3 Å². The molecule has 0 aliphatic carbocycles. The van der Waals surface area contributed by atoms with Crippen LogP contribution in [0.5, 0.6) is 5.75 Å². The lowest BCUT2D eigenvalue weighted by Crippen LogP contribution is -2.28. The van der Waals surface area contributed by atoms with E-state index in [4.69, 9.17) is 4.74 Å². The molecule has 4 nitrogen and oxygen atoms in total. The van der Waals surface area contributed by atoms with Crippen LogP contribution in [0.15, 0.2) is 23.1 Å². The molecule has 6 heteroatoms. The lowest BCUT2D eigenvalue weighted by molar-refractivity contribution is -0.130. The van der Waals surface area contributed by atoms with Gasteiger partial charge in [0.15, 0.2) is 0 Å². The highest BCUT2D eigenvalue weighted by Gasteiger charge is 2.10. The van der Waals surface area contributed by atoms with Crippen LogP contribution in [-0.4, -0.2) is 44.8 Å². The predicted molar refractivity (Wildman–Crippen MR) is 87.0 cm³/mol. The van der Waals surface area contributed by atoms with Gasteiger partial charge in [0, 0.05) is 31.5 Å². The summed E-state index contributed by atoms with van der Waals surface area (Å²) in [4.78, 5) is 14.7. The van der Waals surface area contributed by atoms with Crippen LogP contribution in [0.2, 0.25) is 0 Å². The average Bonchev–Trinajstić information content (AvgIpc) is 2.44. The van der Waals surface area contributed by atoms with Crippen molar-refractivity contribution in [2.75, 3.05) is 34.0 Å². The Morgan fingerprint density at radius 2 is 2.15 bits per heavy atom. The topological polar surface area (TPSA) is 41.6 Å². The normalized spacial score (nSPS) is 9.80. The first-order valence-corrected chi connectivity index (χ1v) is 7.44. The van der Waals surface area contributed by atoms with E-state index in [1.807, 2.05) is 38.6 Å². The van der Waals surface area contributed by atoms with Crippen molar-refractivity contribution < 1.29 is 9.53 Å². The Balaban J connectivity index is 0.00000361. The lowest BCUT2D eigenvalue weighted by atomic mass is 10.2. The molecular formula is C14H23ClN2O2S. The van der Waals surface area contributed by atoms with Crippen molar-refractivity contribution in [3.8, 4) is 5.75 Å². The number of thioether (sulfide) groups is 1. The van der Waals surface area contributed by atoms with Gasteiger partial charge in [-0.25, -0.2) is 0 Å². The van der Waals surface area contributed by atoms with Gasteiger partial charge in [0.25, 0.3) is 0 Å². The quantitative estimate of drug-likeness (QED) is 0.784. The number of hydrogen-bond donors (Lipinski definition) is 1. The highest BCUT2D eigenvalue weighted by Crippen LogP contribution is 2.28. The average molecular weight is 319 g/mol. The van der Waals surface area contributed by atoms with Gasteiger partial charge < -0.3 is 15.0 Å². The number of nitrogens with zero attached hydrogens (tertiary/aromatic N) is 1. The number of halogens is 1. The highest BCUT2D eigenvalue weighted by molar-refractivity contribution is 7.98. The molecule has 0 unspecified atom stereocenters. The molecule has 0 bridgehead atoms. The molecule has 0 aliphatic heterocycles. The van der Waals surface area contributed by atoms with Gasteiger partial charge in [-0.2, -0.15) is 0 Å². The molecule has 1 aromatic rings. The summed E-state index contributed by atoms with van der Waals surface area (Å²) >= 11 is 1.65. The summed E-state index contributed by atoms with van der Waals surface area (Å²) in [7, 11) is 5.34. The molecule has 0 fully saturated rings. The predicted octanol–water partition coefficient (Wildman–Crippen LogP) is 2.41. The minimum atomic E-state index is 0. The van der Waals surface area contributed by atoms with Crippen LogP contribution in [0.3, 0.4) is 0 Å². The summed E-state index contributed by atoms with van der Waals surface area (Å²) in [6.45, 7) is 1.31. The standard InChI is InChI=1S/C14H22N2O2S.ClH/c1-15-8-7-14(17)16(2)10-11-5-6-13(19-4)12(9-11)18-3;/h5-6,9,15H,7-8,10H2,1-4H3;1H. The third-order valence-corrected chi connectivity index (χ3v) is 3.66. The van der Waals surface area contributed by atoms with Crippen LogP contribution < -0.4 is 10.1 Å². The van der Waals surface area contributed by atoms with E-state index < -0.39 is 0 Å². The third kappa shape index (κ3) is 5.61. The Bertz CT molecular complexity index is 430. The maximum atomic E-state index is 11.8. The molecule has 0 heterocycles. The summed E-state index contributed by atoms with van der Waals surface area (Å²) < 4.78 is 5.35. The van der Waals surface area contributed by atoms with Crippen molar-refractivity contribution in [3.63, 3.8) is 0 Å². The van der Waals surface area contributed by atoms with E-state index in [0.29, 0.717) is 19.5 Å². The van der Waals surface area contributed by atoms with Crippen molar-refractivity contribution in [2.45, 2.75) is 17.9 Å². The first-order valence-electron chi connectivity index (χ1n) is 6.21. The van der Waals surface area contributed by atoms with E-state index in [1.165, 1.54) is 0 Å². The van der Waals surface area contributed by atoms with E-state index >= 15 is 0 Å². The molecule has 0 saturated carbocycles. The number of carbonyl (C=O) groups is 1. The van der Waals surface area contributed by atoms with E-state index in [0.717, 1.165) is 16.2 Å². The number of hydrogen-bond acceptors (Lipinski definition) is 4. The first-order chi connectivity index (χ1) is 9.12. The fraction of sp³-hybridized carbons (Fsp3) is 0.500. The SMILES string of the molecule is CNCCC(=O)N(C)Cc1ccc(SC)c(OC)c1.Cl. The Labute approximate surface area is 131 Å². The largest absolute Gasteiger partial charge is 0.496 e. The van der Waals surface area contributed by atoms with Crippen LogP contribution in [-0.2, 0) is 11.3 Å². The number of ether oxygens (including phenoxy) is 1. The van der Waals surface area contributed by atoms with Crippen molar-refractivity contribution in [2.24, 2.45) is 0 Å². The van der Waals surface area contributed by atoms with E-state index in [1.54, 1.807) is 23.8 Å². The Kier molecular flexibility index (Phi) is 9.46. The number of carbonyl (C=O) groups excluding carboxylic acids is 1. The zero-order valence-electron chi connectivity index (χ0n) is 12.4. The van der Waals surface area contributed by atoms with E-state index in [2.05, 4.69) is 5.32 Å². The van der Waals surface area contributed by atoms with E-state index in [9.17, 15) is 4.79 Å². The Morgan fingerprint density at radius 1 is 1.45 bits per heavy atom. The van der Waals surface area contributed by atoms with Gasteiger partial charge in [-0.1, -0.05) is 6.07 Å². The van der Waals surface area contributed by atoms with Crippen molar-refractivity contribution in [3.05, 3.63) is 23.8 Å². The monoisotopic (exact) mass is 318 g/mol. The number of amides is 1. The van der Waals surface area contributed by atoms with Crippen molar-refractivity contribution >= 4 is 30.1 Å². The second-order valence-corrected chi connectivity index (χ2v) is 5.14. The summed E-state index contributed by atoms with van der Waals surface area (Å²) in [5.74, 6) is 1.00. The molecule has 0 radical (unpaired) electrons. The van der Waals surface area contributed by atoms with Crippen LogP contribution in [0.4, 0.5) is 0 Å². The fourth-order valence-electron chi connectivity index (χ4n) is 1.76. The smallest absolute Gasteiger partial charge is 0.223 e. The number of benzene rings is 1. The molecule has 0 aliphatic rings. The summed E-state index contributed by atoms with van der Waals surface area (Å²) in [6, 6.07) is 6.06. The molecule has 114 valence electrons. The fourth-order valence-corrected chi connectivity index (χ4v) is 2.31. The number of nitrogens with one attached hydrogen (secondary N) is 1.